The van der Waals surface area contributed by atoms with Crippen LogP contribution in [0.1, 0.15) is 12.5 Å². The zero-order valence-electron chi connectivity index (χ0n) is 11.8. The number of ether oxygens (including phenoxy) is 2. The topological polar surface area (TPSA) is 71.5 Å². The lowest BCUT2D eigenvalue weighted by atomic mass is 10.3. The number of benzene rings is 1. The summed E-state index contributed by atoms with van der Waals surface area (Å²) >= 11 is 0. The van der Waals surface area contributed by atoms with E-state index in [9.17, 15) is 23.1 Å². The van der Waals surface area contributed by atoms with Gasteiger partial charge < -0.3 is 19.4 Å². The minimum absolute atomic E-state index is 0.00484. The molecule has 1 atom stereocenters. The summed E-state index contributed by atoms with van der Waals surface area (Å²) in [6.45, 7) is 1.33. The van der Waals surface area contributed by atoms with E-state index in [0.717, 1.165) is 12.1 Å². The first-order chi connectivity index (χ1) is 10.8. The molecular weight excluding hydrogens is 315 g/mol. The normalized spacial score (nSPS) is 12.5. The molecule has 5 nitrogen and oxygen atoms in total. The van der Waals surface area contributed by atoms with Crippen LogP contribution in [0, 0.1) is 0 Å². The number of aromatic nitrogens is 1. The highest BCUT2D eigenvalue weighted by atomic mass is 19.4. The van der Waals surface area contributed by atoms with Crippen LogP contribution in [-0.2, 0) is 11.0 Å². The molecule has 1 aromatic carbocycles. The van der Waals surface area contributed by atoms with Gasteiger partial charge in [0.25, 0.3) is 0 Å². The highest BCUT2D eigenvalue weighted by molar-refractivity contribution is 5.69. The molecule has 0 saturated carbocycles. The average Bonchev–Trinajstić information content (AvgIpc) is 2.49. The summed E-state index contributed by atoms with van der Waals surface area (Å²) in [7, 11) is 0. The minimum atomic E-state index is -4.46. The Morgan fingerprint density at radius 3 is 2.22 bits per heavy atom. The van der Waals surface area contributed by atoms with Crippen molar-refractivity contribution in [2.24, 2.45) is 0 Å². The Labute approximate surface area is 129 Å². The number of nitrogens with zero attached hydrogens (tertiary/aromatic N) is 1. The van der Waals surface area contributed by atoms with Crippen molar-refractivity contribution in [3.63, 3.8) is 0 Å². The van der Waals surface area contributed by atoms with Crippen molar-refractivity contribution in [2.45, 2.75) is 19.2 Å². The Kier molecular flexibility index (Phi) is 4.73. The van der Waals surface area contributed by atoms with Crippen LogP contribution in [0.5, 0.6) is 17.4 Å². The van der Waals surface area contributed by atoms with E-state index in [1.54, 1.807) is 0 Å². The van der Waals surface area contributed by atoms with Gasteiger partial charge in [-0.3, -0.25) is 0 Å². The highest BCUT2D eigenvalue weighted by Gasteiger charge is 2.30. The fourth-order valence-corrected chi connectivity index (χ4v) is 1.57. The molecule has 2 aromatic rings. The third-order valence-corrected chi connectivity index (χ3v) is 2.75. The first kappa shape index (κ1) is 16.6. The molecule has 0 amide bonds. The fraction of sp³-hybridized carbons (Fsp3) is 0.200. The number of alkyl halides is 3. The molecule has 2 rings (SSSR count). The summed E-state index contributed by atoms with van der Waals surface area (Å²) in [5, 5.41) is 10.6. The van der Waals surface area contributed by atoms with Gasteiger partial charge in [0.05, 0.1) is 11.5 Å². The fourth-order valence-electron chi connectivity index (χ4n) is 1.57. The van der Waals surface area contributed by atoms with Crippen LogP contribution in [-0.4, -0.2) is 17.1 Å². The van der Waals surface area contributed by atoms with E-state index in [-0.39, 0.29) is 11.6 Å². The van der Waals surface area contributed by atoms with Gasteiger partial charge in [-0.15, -0.1) is 0 Å². The molecule has 0 spiro atoms. The molecule has 0 saturated heterocycles. The maximum atomic E-state index is 12.4. The van der Waals surface area contributed by atoms with E-state index in [0.29, 0.717) is 11.9 Å². The molecule has 0 unspecified atom stereocenters. The molecule has 0 radical (unpaired) electrons. The van der Waals surface area contributed by atoms with Gasteiger partial charge in [0.15, 0.2) is 0 Å². The maximum absolute atomic E-state index is 12.4. The zero-order valence-corrected chi connectivity index (χ0v) is 11.8. The zero-order chi connectivity index (χ0) is 17.0. The molecule has 23 heavy (non-hydrogen) atoms. The van der Waals surface area contributed by atoms with E-state index < -0.39 is 23.8 Å². The highest BCUT2D eigenvalue weighted by Crippen LogP contribution is 2.30. The van der Waals surface area contributed by atoms with Crippen molar-refractivity contribution in [2.75, 3.05) is 0 Å². The van der Waals surface area contributed by atoms with Gasteiger partial charge in [0, 0.05) is 12.3 Å². The quantitative estimate of drug-likeness (QED) is 0.844. The van der Waals surface area contributed by atoms with E-state index in [1.165, 1.54) is 31.2 Å². The number of hydrogen-bond acceptors (Lipinski definition) is 5. The molecular formula is C15H11F3NO4-. The smallest absolute Gasteiger partial charge is 0.417 e. The minimum Gasteiger partial charge on any atom is -0.546 e. The summed E-state index contributed by atoms with van der Waals surface area (Å²) < 4.78 is 47.6. The molecule has 0 aliphatic heterocycles. The van der Waals surface area contributed by atoms with Crippen molar-refractivity contribution < 1.29 is 32.5 Å². The van der Waals surface area contributed by atoms with Crippen LogP contribution in [0.3, 0.4) is 0 Å². The first-order valence-corrected chi connectivity index (χ1v) is 6.44. The maximum Gasteiger partial charge on any atom is 0.417 e. The summed E-state index contributed by atoms with van der Waals surface area (Å²) in [6.07, 6.45) is -4.90. The second kappa shape index (κ2) is 6.55. The van der Waals surface area contributed by atoms with E-state index >= 15 is 0 Å². The Hall–Kier alpha value is -2.77. The van der Waals surface area contributed by atoms with Gasteiger partial charge in [0.2, 0.25) is 5.88 Å². The van der Waals surface area contributed by atoms with Gasteiger partial charge in [-0.05, 0) is 37.3 Å². The number of hydrogen-bond donors (Lipinski definition) is 0. The van der Waals surface area contributed by atoms with Crippen LogP contribution in [0.25, 0.3) is 0 Å². The number of carbonyl (C=O) groups excluding carboxylic acids is 1. The summed E-state index contributed by atoms with van der Waals surface area (Å²) in [5.74, 6) is -0.755. The predicted octanol–water partition coefficient (Wildman–Crippen LogP) is 2.41. The van der Waals surface area contributed by atoms with Crippen LogP contribution in [0.15, 0.2) is 42.6 Å². The van der Waals surface area contributed by atoms with Crippen molar-refractivity contribution in [3.05, 3.63) is 48.2 Å². The Balaban J connectivity index is 2.02. The van der Waals surface area contributed by atoms with Crippen molar-refractivity contribution in [3.8, 4) is 17.4 Å². The Bertz CT molecular complexity index is 669. The van der Waals surface area contributed by atoms with Crippen LogP contribution >= 0.6 is 0 Å². The lowest BCUT2D eigenvalue weighted by Gasteiger charge is -2.15. The molecule has 0 aliphatic rings. The van der Waals surface area contributed by atoms with Crippen molar-refractivity contribution in [1.29, 1.82) is 0 Å². The lowest BCUT2D eigenvalue weighted by molar-refractivity contribution is -0.312. The monoisotopic (exact) mass is 326 g/mol. The van der Waals surface area contributed by atoms with E-state index in [2.05, 4.69) is 4.98 Å². The Morgan fingerprint density at radius 1 is 1.13 bits per heavy atom. The van der Waals surface area contributed by atoms with Gasteiger partial charge in [0.1, 0.15) is 17.6 Å². The molecule has 1 heterocycles. The number of carboxylic acid groups (broad SMARTS) is 1. The number of halogens is 3. The van der Waals surface area contributed by atoms with E-state index in [1.807, 2.05) is 0 Å². The summed E-state index contributed by atoms with van der Waals surface area (Å²) in [4.78, 5) is 14.1. The van der Waals surface area contributed by atoms with Gasteiger partial charge in [-0.1, -0.05) is 0 Å². The number of pyridine rings is 1. The largest absolute Gasteiger partial charge is 0.546 e. The van der Waals surface area contributed by atoms with Crippen molar-refractivity contribution >= 4 is 5.97 Å². The van der Waals surface area contributed by atoms with Gasteiger partial charge in [-0.2, -0.15) is 13.2 Å². The third kappa shape index (κ3) is 4.60. The third-order valence-electron chi connectivity index (χ3n) is 2.75. The SMILES string of the molecule is C[C@@H](Oc1ccc(Oc2ccc(C(F)(F)F)cn2)cc1)C(=O)[O-]. The molecule has 122 valence electrons. The first-order valence-electron chi connectivity index (χ1n) is 6.44. The molecule has 0 bridgehead atoms. The summed E-state index contributed by atoms with van der Waals surface area (Å²) in [6, 6.07) is 7.82. The molecule has 1 aromatic heterocycles. The van der Waals surface area contributed by atoms with Crippen LogP contribution in [0.2, 0.25) is 0 Å². The number of rotatable bonds is 5. The predicted molar refractivity (Wildman–Crippen MR) is 70.9 cm³/mol. The number of carboxylic acids is 1. The average molecular weight is 326 g/mol. The van der Waals surface area contributed by atoms with Crippen molar-refractivity contribution in [1.82, 2.24) is 4.98 Å². The standard InChI is InChI=1S/C15H12F3NO4/c1-9(14(20)21)22-11-3-5-12(6-4-11)23-13-7-2-10(8-19-13)15(16,17)18/h2-9H,1H3,(H,20,21)/p-1/t9-/m1/s1. The van der Waals surface area contributed by atoms with E-state index in [4.69, 9.17) is 9.47 Å². The summed E-state index contributed by atoms with van der Waals surface area (Å²) in [5.41, 5.74) is -0.870. The second-order valence-electron chi connectivity index (χ2n) is 4.54. The Morgan fingerprint density at radius 2 is 1.74 bits per heavy atom. The van der Waals surface area contributed by atoms with Gasteiger partial charge in [-0.25, -0.2) is 4.98 Å². The molecule has 8 heteroatoms. The lowest BCUT2D eigenvalue weighted by Crippen LogP contribution is -2.37. The number of aliphatic carboxylic acids is 1. The van der Waals surface area contributed by atoms with Crippen LogP contribution in [0.4, 0.5) is 13.2 Å². The number of carbonyl (C=O) groups is 1. The molecule has 0 fully saturated rings. The van der Waals surface area contributed by atoms with Gasteiger partial charge >= 0.3 is 6.18 Å². The molecule has 0 aliphatic carbocycles. The second-order valence-corrected chi connectivity index (χ2v) is 4.54. The van der Waals surface area contributed by atoms with Crippen LogP contribution < -0.4 is 14.6 Å². The molecule has 0 N–H and O–H groups in total.